The van der Waals surface area contributed by atoms with Crippen LogP contribution in [-0.4, -0.2) is 88.4 Å². The molecule has 14 heteroatoms. The van der Waals surface area contributed by atoms with E-state index in [4.69, 9.17) is 28.4 Å². The molecule has 0 spiro atoms. The highest BCUT2D eigenvalue weighted by Crippen LogP contribution is 2.52. The number of hydrogen-bond acceptors (Lipinski definition) is 14. The Morgan fingerprint density at radius 1 is 0.760 bits per heavy atom. The van der Waals surface area contributed by atoms with Gasteiger partial charge in [-0.1, -0.05) is 67.2 Å². The minimum Gasteiger partial charge on any atom is -0.458 e. The number of ether oxygens (including phenoxy) is 6. The van der Waals surface area contributed by atoms with Gasteiger partial charge in [0.1, 0.15) is 17.3 Å². The van der Waals surface area contributed by atoms with E-state index in [9.17, 15) is 38.7 Å². The fraction of sp³-hybridized carbons (Fsp3) is 0.694. The Kier molecular flexibility index (Phi) is 13.4. The van der Waals surface area contributed by atoms with Crippen LogP contribution in [0.3, 0.4) is 0 Å². The third-order valence-electron chi connectivity index (χ3n) is 8.84. The van der Waals surface area contributed by atoms with Crippen LogP contribution in [0.5, 0.6) is 0 Å². The summed E-state index contributed by atoms with van der Waals surface area (Å²) in [5.74, 6) is -10.2. The lowest BCUT2D eigenvalue weighted by atomic mass is 9.72. The van der Waals surface area contributed by atoms with Gasteiger partial charge in [0.2, 0.25) is 0 Å². The SMILES string of the molecule is C=C1C(OC(=O)C(C)C)C(OC(C)=O)C(OC(C)=O)C(C)(C)C=CC(C)C(=O)C2(O)CC(C)(OC(C)=O)C(OC(C)=O)C2C1OC(=O)C(C)C. The Hall–Kier alpha value is -4.07. The highest BCUT2D eigenvalue weighted by molar-refractivity contribution is 5.92. The van der Waals surface area contributed by atoms with Gasteiger partial charge in [-0.15, -0.1) is 0 Å². The van der Waals surface area contributed by atoms with E-state index in [1.165, 1.54) is 53.7 Å². The van der Waals surface area contributed by atoms with Crippen molar-refractivity contribution in [3.8, 4) is 0 Å². The third kappa shape index (κ3) is 9.37. The van der Waals surface area contributed by atoms with Crippen LogP contribution in [0.25, 0.3) is 0 Å². The van der Waals surface area contributed by atoms with Crippen molar-refractivity contribution in [3.05, 3.63) is 24.3 Å². The Balaban J connectivity index is 3.22. The second-order valence-electron chi connectivity index (χ2n) is 14.6. The lowest BCUT2D eigenvalue weighted by Crippen LogP contribution is -2.58. The Labute approximate surface area is 293 Å². The van der Waals surface area contributed by atoms with Crippen LogP contribution in [-0.2, 0) is 62.0 Å². The maximum atomic E-state index is 14.5. The molecule has 0 aliphatic heterocycles. The van der Waals surface area contributed by atoms with Crippen LogP contribution in [0.1, 0.15) is 89.5 Å². The molecule has 0 aromatic rings. The van der Waals surface area contributed by atoms with Crippen LogP contribution < -0.4 is 0 Å². The molecule has 1 N–H and O–H groups in total. The average molecular weight is 709 g/mol. The molecule has 0 radical (unpaired) electrons. The summed E-state index contributed by atoms with van der Waals surface area (Å²) in [5, 5.41) is 12.6. The number of rotatable bonds is 8. The fourth-order valence-corrected chi connectivity index (χ4v) is 6.53. The monoisotopic (exact) mass is 708 g/mol. The molecule has 2 rings (SSSR count). The van der Waals surface area contributed by atoms with Gasteiger partial charge in [-0.05, 0) is 6.92 Å². The zero-order valence-electron chi connectivity index (χ0n) is 31.0. The number of hydrogen-bond donors (Lipinski definition) is 1. The molecule has 9 atom stereocenters. The summed E-state index contributed by atoms with van der Waals surface area (Å²) >= 11 is 0. The van der Waals surface area contributed by atoms with Gasteiger partial charge in [-0.3, -0.25) is 33.6 Å². The predicted octanol–water partition coefficient (Wildman–Crippen LogP) is 3.35. The number of Topliss-reactive ketones (excluding diaryl/α,β-unsaturated/α-hetero) is 1. The van der Waals surface area contributed by atoms with Crippen molar-refractivity contribution < 1.29 is 67.1 Å². The van der Waals surface area contributed by atoms with Gasteiger partial charge in [-0.2, -0.15) is 0 Å². The first kappa shape index (κ1) is 42.1. The standard InChI is InChI=1S/C36H52O14/c1-17(2)32(42)48-26-20(6)27(49-33(43)18(3)4)28(45-21(7)37)31(47-23(9)39)34(11,12)15-14-19(5)29(41)36(44)16-35(13,50-24(10)40)30(25(26)36)46-22(8)38/h14-15,17-19,25-28,30-31,44H,6,16H2,1-5,7-13H3. The number of allylic oxidation sites excluding steroid dienone is 1. The maximum Gasteiger partial charge on any atom is 0.309 e. The van der Waals surface area contributed by atoms with Crippen molar-refractivity contribution in [2.24, 2.45) is 29.1 Å². The summed E-state index contributed by atoms with van der Waals surface area (Å²) < 4.78 is 34.8. The second-order valence-corrected chi connectivity index (χ2v) is 14.6. The van der Waals surface area contributed by atoms with Crippen LogP contribution in [0.15, 0.2) is 24.3 Å². The predicted molar refractivity (Wildman–Crippen MR) is 176 cm³/mol. The van der Waals surface area contributed by atoms with E-state index in [1.807, 2.05) is 0 Å². The third-order valence-corrected chi connectivity index (χ3v) is 8.84. The van der Waals surface area contributed by atoms with Crippen molar-refractivity contribution in [2.75, 3.05) is 0 Å². The average Bonchev–Trinajstić information content (AvgIpc) is 3.18. The van der Waals surface area contributed by atoms with Crippen molar-refractivity contribution in [3.63, 3.8) is 0 Å². The first-order valence-electron chi connectivity index (χ1n) is 16.6. The van der Waals surface area contributed by atoms with E-state index in [0.717, 1.165) is 27.7 Å². The number of esters is 6. The van der Waals surface area contributed by atoms with Crippen molar-refractivity contribution in [1.29, 1.82) is 0 Å². The number of fused-ring (bicyclic) bond motifs is 1. The normalized spacial score (nSPS) is 32.6. The van der Waals surface area contributed by atoms with Gasteiger partial charge in [0, 0.05) is 51.0 Å². The number of aliphatic hydroxyl groups is 1. The highest BCUT2D eigenvalue weighted by atomic mass is 16.6. The quantitative estimate of drug-likeness (QED) is 0.219. The molecule has 0 heterocycles. The molecular weight excluding hydrogens is 656 g/mol. The van der Waals surface area contributed by atoms with Gasteiger partial charge < -0.3 is 33.5 Å². The zero-order chi connectivity index (χ0) is 38.7. The lowest BCUT2D eigenvalue weighted by Gasteiger charge is -2.44. The minimum atomic E-state index is -2.54. The van der Waals surface area contributed by atoms with Gasteiger partial charge in [0.25, 0.3) is 0 Å². The molecule has 14 nitrogen and oxygen atoms in total. The molecule has 280 valence electrons. The maximum absolute atomic E-state index is 14.5. The Morgan fingerprint density at radius 3 is 1.66 bits per heavy atom. The molecule has 50 heavy (non-hydrogen) atoms. The van der Waals surface area contributed by atoms with Crippen LogP contribution in [0.4, 0.5) is 0 Å². The number of carbonyl (C=O) groups excluding carboxylic acids is 7. The molecule has 0 amide bonds. The van der Waals surface area contributed by atoms with Gasteiger partial charge >= 0.3 is 35.8 Å². The second kappa shape index (κ2) is 15.9. The molecule has 0 bridgehead atoms. The van der Waals surface area contributed by atoms with Crippen molar-refractivity contribution in [2.45, 2.75) is 131 Å². The van der Waals surface area contributed by atoms with Crippen molar-refractivity contribution in [1.82, 2.24) is 0 Å². The highest BCUT2D eigenvalue weighted by Gasteiger charge is 2.69. The van der Waals surface area contributed by atoms with Crippen LogP contribution in [0.2, 0.25) is 0 Å². The summed E-state index contributed by atoms with van der Waals surface area (Å²) in [6.07, 6.45) is -5.91. The van der Waals surface area contributed by atoms with Gasteiger partial charge in [0.15, 0.2) is 30.2 Å². The molecule has 1 saturated carbocycles. The zero-order valence-corrected chi connectivity index (χ0v) is 31.0. The van der Waals surface area contributed by atoms with E-state index in [2.05, 4.69) is 6.58 Å². The molecule has 1 fully saturated rings. The Morgan fingerprint density at radius 2 is 1.22 bits per heavy atom. The molecule has 2 aliphatic carbocycles. The van der Waals surface area contributed by atoms with Crippen LogP contribution >= 0.6 is 0 Å². The molecule has 9 unspecified atom stereocenters. The minimum absolute atomic E-state index is 0.315. The Bertz CT molecular complexity index is 1410. The fourth-order valence-electron chi connectivity index (χ4n) is 6.53. The van der Waals surface area contributed by atoms with E-state index < -0.39 is 119 Å². The van der Waals surface area contributed by atoms with E-state index >= 15 is 0 Å². The van der Waals surface area contributed by atoms with E-state index in [0.29, 0.717) is 0 Å². The van der Waals surface area contributed by atoms with Crippen molar-refractivity contribution >= 4 is 41.6 Å². The van der Waals surface area contributed by atoms with E-state index in [1.54, 1.807) is 13.8 Å². The van der Waals surface area contributed by atoms with Gasteiger partial charge in [0.05, 0.1) is 17.8 Å². The molecule has 0 aromatic carbocycles. The van der Waals surface area contributed by atoms with E-state index in [-0.39, 0.29) is 5.57 Å². The summed E-state index contributed by atoms with van der Waals surface area (Å²) in [7, 11) is 0. The first-order chi connectivity index (χ1) is 22.8. The van der Waals surface area contributed by atoms with Crippen LogP contribution in [0, 0.1) is 29.1 Å². The summed E-state index contributed by atoms with van der Waals surface area (Å²) in [5.41, 5.74) is -5.97. The first-order valence-corrected chi connectivity index (χ1v) is 16.6. The lowest BCUT2D eigenvalue weighted by molar-refractivity contribution is -0.195. The summed E-state index contributed by atoms with van der Waals surface area (Å²) in [6.45, 7) is 20.7. The number of ketones is 1. The van der Waals surface area contributed by atoms with Gasteiger partial charge in [-0.25, -0.2) is 0 Å². The topological polar surface area (TPSA) is 195 Å². The number of carbonyl (C=O) groups is 7. The largest absolute Gasteiger partial charge is 0.458 e. The summed E-state index contributed by atoms with van der Waals surface area (Å²) in [4.78, 5) is 91.6. The summed E-state index contributed by atoms with van der Waals surface area (Å²) in [6, 6.07) is 0. The molecule has 0 aromatic heterocycles. The molecular formula is C36H52O14. The molecule has 0 saturated heterocycles. The smallest absolute Gasteiger partial charge is 0.309 e. The molecule has 2 aliphatic rings.